The number of ether oxygens (including phenoxy) is 1. The molecular weight excluding hydrogens is 298 g/mol. The third kappa shape index (κ3) is 4.03. The van der Waals surface area contributed by atoms with Crippen molar-refractivity contribution in [2.45, 2.75) is 20.4 Å². The lowest BCUT2D eigenvalue weighted by Crippen LogP contribution is -2.25. The molecule has 0 fully saturated rings. The number of hydrogen-bond acceptors (Lipinski definition) is 5. The molecule has 7 heteroatoms. The van der Waals surface area contributed by atoms with Crippen LogP contribution in [-0.2, 0) is 11.3 Å². The smallest absolute Gasteiger partial charge is 0.338 e. The standard InChI is InChI=1S/C16H17N3O4/c1-3-19-14(20)10-9-13(18-19)15(21)17-12-7-5-11(6-8-12)16(22)23-4-2/h5-10H,3-4H2,1-2H3,(H,17,21). The fraction of sp³-hybridized carbons (Fsp3) is 0.250. The fourth-order valence-electron chi connectivity index (χ4n) is 1.90. The van der Waals surface area contributed by atoms with Crippen LogP contribution in [0.25, 0.3) is 0 Å². The first kappa shape index (κ1) is 16.4. The quantitative estimate of drug-likeness (QED) is 0.848. The molecule has 2 aromatic rings. The van der Waals surface area contributed by atoms with E-state index in [1.807, 2.05) is 0 Å². The second-order valence-electron chi connectivity index (χ2n) is 4.62. The zero-order valence-corrected chi connectivity index (χ0v) is 12.9. The lowest BCUT2D eigenvalue weighted by atomic mass is 10.2. The van der Waals surface area contributed by atoms with Crippen molar-refractivity contribution in [3.8, 4) is 0 Å². The Bertz CT molecular complexity index is 766. The molecule has 1 N–H and O–H groups in total. The summed E-state index contributed by atoms with van der Waals surface area (Å²) >= 11 is 0. The van der Waals surface area contributed by atoms with Gasteiger partial charge in [-0.1, -0.05) is 0 Å². The minimum absolute atomic E-state index is 0.140. The fourth-order valence-corrected chi connectivity index (χ4v) is 1.90. The number of benzene rings is 1. The van der Waals surface area contributed by atoms with E-state index in [1.165, 1.54) is 16.8 Å². The van der Waals surface area contributed by atoms with Gasteiger partial charge in [0.15, 0.2) is 0 Å². The second kappa shape index (κ2) is 7.35. The van der Waals surface area contributed by atoms with Gasteiger partial charge in [-0.15, -0.1) is 0 Å². The number of nitrogens with zero attached hydrogens (tertiary/aromatic N) is 2. The molecule has 0 aliphatic carbocycles. The van der Waals surface area contributed by atoms with E-state index in [1.54, 1.807) is 38.1 Å². The van der Waals surface area contributed by atoms with Gasteiger partial charge in [0, 0.05) is 18.3 Å². The van der Waals surface area contributed by atoms with Crippen LogP contribution in [0.4, 0.5) is 5.69 Å². The third-order valence-electron chi connectivity index (χ3n) is 3.05. The Balaban J connectivity index is 2.11. The molecule has 0 saturated heterocycles. The van der Waals surface area contributed by atoms with Crippen LogP contribution in [0.15, 0.2) is 41.2 Å². The molecule has 0 radical (unpaired) electrons. The number of carbonyl (C=O) groups is 2. The van der Waals surface area contributed by atoms with E-state index in [0.29, 0.717) is 24.4 Å². The number of rotatable bonds is 5. The van der Waals surface area contributed by atoms with Crippen molar-refractivity contribution in [3.05, 3.63) is 58.0 Å². The summed E-state index contributed by atoms with van der Waals surface area (Å²) < 4.78 is 6.09. The monoisotopic (exact) mass is 315 g/mol. The Hall–Kier alpha value is -2.96. The predicted octanol–water partition coefficient (Wildman–Crippen LogP) is 1.69. The highest BCUT2D eigenvalue weighted by molar-refractivity contribution is 6.03. The van der Waals surface area contributed by atoms with Crippen LogP contribution >= 0.6 is 0 Å². The highest BCUT2D eigenvalue weighted by Crippen LogP contribution is 2.11. The van der Waals surface area contributed by atoms with Crippen molar-refractivity contribution in [3.63, 3.8) is 0 Å². The summed E-state index contributed by atoms with van der Waals surface area (Å²) in [5, 5.41) is 6.63. The molecule has 23 heavy (non-hydrogen) atoms. The minimum atomic E-state index is -0.434. The third-order valence-corrected chi connectivity index (χ3v) is 3.05. The van der Waals surface area contributed by atoms with Gasteiger partial charge in [-0.05, 0) is 44.2 Å². The van der Waals surface area contributed by atoms with Gasteiger partial charge in [-0.2, -0.15) is 5.10 Å². The topological polar surface area (TPSA) is 90.3 Å². The van der Waals surface area contributed by atoms with Crippen molar-refractivity contribution >= 4 is 17.6 Å². The van der Waals surface area contributed by atoms with Gasteiger partial charge in [0.25, 0.3) is 11.5 Å². The first-order valence-corrected chi connectivity index (χ1v) is 7.21. The molecule has 0 bridgehead atoms. The van der Waals surface area contributed by atoms with Crippen LogP contribution < -0.4 is 10.9 Å². The molecule has 120 valence electrons. The maximum absolute atomic E-state index is 12.1. The number of nitrogens with one attached hydrogen (secondary N) is 1. The molecule has 1 aromatic heterocycles. The molecule has 0 atom stereocenters. The van der Waals surface area contributed by atoms with E-state index in [-0.39, 0.29) is 11.3 Å². The summed E-state index contributed by atoms with van der Waals surface area (Å²) in [4.78, 5) is 35.1. The Morgan fingerprint density at radius 1 is 1.13 bits per heavy atom. The average molecular weight is 315 g/mol. The first-order valence-electron chi connectivity index (χ1n) is 7.21. The van der Waals surface area contributed by atoms with Crippen LogP contribution in [-0.4, -0.2) is 28.3 Å². The SMILES string of the molecule is CCOC(=O)c1ccc(NC(=O)c2ccc(=O)n(CC)n2)cc1. The van der Waals surface area contributed by atoms with Crippen LogP contribution in [0.5, 0.6) is 0 Å². The van der Waals surface area contributed by atoms with Gasteiger partial charge < -0.3 is 10.1 Å². The molecule has 7 nitrogen and oxygen atoms in total. The predicted molar refractivity (Wildman–Crippen MR) is 84.5 cm³/mol. The molecule has 0 unspecified atom stereocenters. The van der Waals surface area contributed by atoms with Crippen LogP contribution in [0, 0.1) is 0 Å². The molecular formula is C16H17N3O4. The second-order valence-corrected chi connectivity index (χ2v) is 4.62. The van der Waals surface area contributed by atoms with Gasteiger partial charge in [0.2, 0.25) is 0 Å². The van der Waals surface area contributed by atoms with E-state index in [2.05, 4.69) is 10.4 Å². The van der Waals surface area contributed by atoms with Gasteiger partial charge in [0.05, 0.1) is 12.2 Å². The van der Waals surface area contributed by atoms with E-state index in [4.69, 9.17) is 4.74 Å². The maximum atomic E-state index is 12.1. The zero-order chi connectivity index (χ0) is 16.8. The number of aryl methyl sites for hydroxylation is 1. The molecule has 1 amide bonds. The van der Waals surface area contributed by atoms with Crippen molar-refractivity contribution in [1.82, 2.24) is 9.78 Å². The van der Waals surface area contributed by atoms with E-state index >= 15 is 0 Å². The van der Waals surface area contributed by atoms with Crippen molar-refractivity contribution < 1.29 is 14.3 Å². The van der Waals surface area contributed by atoms with Gasteiger partial charge >= 0.3 is 5.97 Å². The summed E-state index contributed by atoms with van der Waals surface area (Å²) in [6.07, 6.45) is 0. The lowest BCUT2D eigenvalue weighted by Gasteiger charge is -2.07. The molecule has 0 saturated carbocycles. The molecule has 0 spiro atoms. The molecule has 1 heterocycles. The van der Waals surface area contributed by atoms with E-state index < -0.39 is 11.9 Å². The number of hydrogen-bond donors (Lipinski definition) is 1. The number of amides is 1. The van der Waals surface area contributed by atoms with Crippen molar-refractivity contribution in [2.24, 2.45) is 0 Å². The summed E-state index contributed by atoms with van der Waals surface area (Å²) in [6.45, 7) is 4.18. The summed E-state index contributed by atoms with van der Waals surface area (Å²) in [7, 11) is 0. The zero-order valence-electron chi connectivity index (χ0n) is 12.9. The van der Waals surface area contributed by atoms with Gasteiger partial charge in [0.1, 0.15) is 5.69 Å². The summed E-state index contributed by atoms with van der Waals surface area (Å²) in [5.74, 6) is -0.849. The Kier molecular flexibility index (Phi) is 5.24. The number of esters is 1. The molecule has 0 aliphatic rings. The Labute approximate surface area is 132 Å². The maximum Gasteiger partial charge on any atom is 0.338 e. The van der Waals surface area contributed by atoms with Gasteiger partial charge in [-0.25, -0.2) is 9.48 Å². The van der Waals surface area contributed by atoms with E-state index in [0.717, 1.165) is 0 Å². The summed E-state index contributed by atoms with van der Waals surface area (Å²) in [6, 6.07) is 8.99. The van der Waals surface area contributed by atoms with Crippen molar-refractivity contribution in [1.29, 1.82) is 0 Å². The van der Waals surface area contributed by atoms with E-state index in [9.17, 15) is 14.4 Å². The average Bonchev–Trinajstić information content (AvgIpc) is 2.56. The number of carbonyl (C=O) groups excluding carboxylic acids is 2. The molecule has 1 aromatic carbocycles. The Morgan fingerprint density at radius 3 is 2.43 bits per heavy atom. The highest BCUT2D eigenvalue weighted by atomic mass is 16.5. The Morgan fingerprint density at radius 2 is 1.83 bits per heavy atom. The van der Waals surface area contributed by atoms with Gasteiger partial charge in [-0.3, -0.25) is 9.59 Å². The molecule has 2 rings (SSSR count). The summed E-state index contributed by atoms with van der Waals surface area (Å²) in [5.41, 5.74) is 0.797. The normalized spacial score (nSPS) is 10.2. The molecule has 0 aliphatic heterocycles. The van der Waals surface area contributed by atoms with Crippen LogP contribution in [0.2, 0.25) is 0 Å². The number of anilines is 1. The largest absolute Gasteiger partial charge is 0.462 e. The minimum Gasteiger partial charge on any atom is -0.462 e. The highest BCUT2D eigenvalue weighted by Gasteiger charge is 2.11. The number of aromatic nitrogens is 2. The lowest BCUT2D eigenvalue weighted by molar-refractivity contribution is 0.0526. The van der Waals surface area contributed by atoms with Crippen LogP contribution in [0.1, 0.15) is 34.7 Å². The van der Waals surface area contributed by atoms with Crippen LogP contribution in [0.3, 0.4) is 0 Å². The first-order chi connectivity index (χ1) is 11.0. The van der Waals surface area contributed by atoms with Crippen molar-refractivity contribution in [2.75, 3.05) is 11.9 Å².